The smallest absolute Gasteiger partial charge is 0.134 e. The maximum atomic E-state index is 14.3. The van der Waals surface area contributed by atoms with Gasteiger partial charge in [0.05, 0.1) is 13.2 Å². The van der Waals surface area contributed by atoms with Crippen molar-refractivity contribution < 1.29 is 13.5 Å². The van der Waals surface area contributed by atoms with E-state index in [1.165, 1.54) is 19.2 Å². The molecule has 1 N–H and O–H groups in total. The van der Waals surface area contributed by atoms with Gasteiger partial charge in [-0.15, -0.1) is 0 Å². The van der Waals surface area contributed by atoms with E-state index in [2.05, 4.69) is 27.9 Å². The SMILES string of the molecule is CNC(c1cccc(C)c1I)c1c(F)cc(OC)cc1F. The minimum atomic E-state index is -0.622. The Bertz CT molecular complexity index is 638. The van der Waals surface area contributed by atoms with Crippen molar-refractivity contribution in [2.75, 3.05) is 14.2 Å². The van der Waals surface area contributed by atoms with Gasteiger partial charge in [0.2, 0.25) is 0 Å². The second-order valence-electron chi connectivity index (χ2n) is 4.70. The quantitative estimate of drug-likeness (QED) is 0.774. The number of hydrogen-bond donors (Lipinski definition) is 1. The average molecular weight is 403 g/mol. The third-order valence-corrected chi connectivity index (χ3v) is 4.87. The van der Waals surface area contributed by atoms with Crippen LogP contribution in [-0.2, 0) is 0 Å². The number of nitrogens with one attached hydrogen (secondary N) is 1. The second-order valence-corrected chi connectivity index (χ2v) is 5.78. The summed E-state index contributed by atoms with van der Waals surface area (Å²) in [6.45, 7) is 1.97. The standard InChI is InChI=1S/C16H16F2INO/c1-9-5-4-6-11(15(9)19)16(20-2)14-12(17)7-10(21-3)8-13(14)18/h4-8,16,20H,1-3H3. The summed E-state index contributed by atoms with van der Waals surface area (Å²) in [5.41, 5.74) is 1.92. The number of ether oxygens (including phenoxy) is 1. The predicted octanol–water partition coefficient (Wildman–Crippen LogP) is 4.20. The summed E-state index contributed by atoms with van der Waals surface area (Å²) in [6, 6.07) is 7.58. The summed E-state index contributed by atoms with van der Waals surface area (Å²) in [6.07, 6.45) is 0. The van der Waals surface area contributed by atoms with Crippen molar-refractivity contribution in [1.29, 1.82) is 0 Å². The lowest BCUT2D eigenvalue weighted by Crippen LogP contribution is -2.21. The summed E-state index contributed by atoms with van der Waals surface area (Å²) < 4.78 is 34.5. The number of benzene rings is 2. The fraction of sp³-hybridized carbons (Fsp3) is 0.250. The van der Waals surface area contributed by atoms with E-state index in [4.69, 9.17) is 4.74 Å². The molecule has 0 bridgehead atoms. The maximum Gasteiger partial charge on any atom is 0.134 e. The van der Waals surface area contributed by atoms with Crippen LogP contribution in [0, 0.1) is 22.1 Å². The van der Waals surface area contributed by atoms with Crippen LogP contribution < -0.4 is 10.1 Å². The largest absolute Gasteiger partial charge is 0.497 e. The molecule has 0 amide bonds. The Morgan fingerprint density at radius 3 is 2.33 bits per heavy atom. The first-order chi connectivity index (χ1) is 9.99. The van der Waals surface area contributed by atoms with Crippen LogP contribution >= 0.6 is 22.6 Å². The molecule has 2 aromatic carbocycles. The molecular weight excluding hydrogens is 387 g/mol. The lowest BCUT2D eigenvalue weighted by atomic mass is 9.96. The number of halogens is 3. The van der Waals surface area contributed by atoms with E-state index >= 15 is 0 Å². The highest BCUT2D eigenvalue weighted by Gasteiger charge is 2.23. The normalized spacial score (nSPS) is 12.3. The zero-order valence-electron chi connectivity index (χ0n) is 12.0. The van der Waals surface area contributed by atoms with Gasteiger partial charge in [0, 0.05) is 21.3 Å². The van der Waals surface area contributed by atoms with Crippen molar-refractivity contribution >= 4 is 22.6 Å². The Kier molecular flexibility index (Phi) is 5.16. The Morgan fingerprint density at radius 1 is 1.19 bits per heavy atom. The van der Waals surface area contributed by atoms with E-state index in [0.29, 0.717) is 0 Å². The second kappa shape index (κ2) is 6.70. The fourth-order valence-electron chi connectivity index (χ4n) is 2.30. The average Bonchev–Trinajstić information content (AvgIpc) is 2.46. The monoisotopic (exact) mass is 403 g/mol. The predicted molar refractivity (Wildman–Crippen MR) is 87.7 cm³/mol. The van der Waals surface area contributed by atoms with Gasteiger partial charge in [-0.2, -0.15) is 0 Å². The molecule has 1 unspecified atom stereocenters. The third kappa shape index (κ3) is 3.18. The molecule has 0 heterocycles. The van der Waals surface area contributed by atoms with E-state index in [0.717, 1.165) is 14.7 Å². The molecule has 5 heteroatoms. The van der Waals surface area contributed by atoms with E-state index in [9.17, 15) is 8.78 Å². The van der Waals surface area contributed by atoms with Gasteiger partial charge in [0.25, 0.3) is 0 Å². The molecule has 0 radical (unpaired) electrons. The number of methoxy groups -OCH3 is 1. The summed E-state index contributed by atoms with van der Waals surface area (Å²) >= 11 is 2.20. The highest BCUT2D eigenvalue weighted by molar-refractivity contribution is 14.1. The molecule has 0 aromatic heterocycles. The van der Waals surface area contributed by atoms with E-state index in [-0.39, 0.29) is 11.3 Å². The fourth-order valence-corrected chi connectivity index (χ4v) is 2.97. The first-order valence-electron chi connectivity index (χ1n) is 6.44. The molecule has 0 aliphatic rings. The minimum absolute atomic E-state index is 0.00168. The Labute approximate surface area is 136 Å². The molecule has 0 aliphatic heterocycles. The molecule has 0 aliphatic carbocycles. The van der Waals surface area contributed by atoms with E-state index in [1.807, 2.05) is 25.1 Å². The molecule has 2 aromatic rings. The van der Waals surface area contributed by atoms with Crippen molar-refractivity contribution in [1.82, 2.24) is 5.32 Å². The van der Waals surface area contributed by atoms with Crippen LogP contribution in [0.1, 0.15) is 22.7 Å². The van der Waals surface area contributed by atoms with Crippen molar-refractivity contribution in [3.8, 4) is 5.75 Å². The van der Waals surface area contributed by atoms with Crippen LogP contribution in [0.15, 0.2) is 30.3 Å². The lowest BCUT2D eigenvalue weighted by Gasteiger charge is -2.21. The van der Waals surface area contributed by atoms with Gasteiger partial charge in [0.15, 0.2) is 0 Å². The zero-order chi connectivity index (χ0) is 15.6. The van der Waals surface area contributed by atoms with Gasteiger partial charge in [-0.3, -0.25) is 0 Å². The van der Waals surface area contributed by atoms with Gasteiger partial charge in [-0.05, 0) is 47.7 Å². The minimum Gasteiger partial charge on any atom is -0.497 e. The molecule has 0 saturated carbocycles. The Hall–Kier alpha value is -1.21. The summed E-state index contributed by atoms with van der Waals surface area (Å²) in [7, 11) is 3.07. The molecule has 0 fully saturated rings. The molecule has 0 saturated heterocycles. The number of aryl methyl sites for hydroxylation is 1. The Balaban J connectivity index is 2.59. The molecule has 0 spiro atoms. The van der Waals surface area contributed by atoms with Gasteiger partial charge < -0.3 is 10.1 Å². The van der Waals surface area contributed by atoms with Crippen LogP contribution in [0.4, 0.5) is 8.78 Å². The van der Waals surface area contributed by atoms with Gasteiger partial charge in [0.1, 0.15) is 17.4 Å². The summed E-state index contributed by atoms with van der Waals surface area (Å²) in [4.78, 5) is 0. The van der Waals surface area contributed by atoms with Crippen molar-refractivity contribution in [3.05, 3.63) is 62.2 Å². The molecule has 112 valence electrons. The molecule has 2 nitrogen and oxygen atoms in total. The van der Waals surface area contributed by atoms with Gasteiger partial charge in [-0.25, -0.2) is 8.78 Å². The highest BCUT2D eigenvalue weighted by Crippen LogP contribution is 2.32. The first kappa shape index (κ1) is 16.2. The number of rotatable bonds is 4. The third-order valence-electron chi connectivity index (χ3n) is 3.40. The van der Waals surface area contributed by atoms with Gasteiger partial charge >= 0.3 is 0 Å². The van der Waals surface area contributed by atoms with Crippen LogP contribution in [0.2, 0.25) is 0 Å². The lowest BCUT2D eigenvalue weighted by molar-refractivity contribution is 0.403. The maximum absolute atomic E-state index is 14.3. The Morgan fingerprint density at radius 2 is 1.81 bits per heavy atom. The summed E-state index contributed by atoms with van der Waals surface area (Å²) in [5, 5.41) is 3.00. The highest BCUT2D eigenvalue weighted by atomic mass is 127. The van der Waals surface area contributed by atoms with Crippen LogP contribution in [0.5, 0.6) is 5.75 Å². The number of hydrogen-bond acceptors (Lipinski definition) is 2. The van der Waals surface area contributed by atoms with Gasteiger partial charge in [-0.1, -0.05) is 18.2 Å². The zero-order valence-corrected chi connectivity index (χ0v) is 14.2. The van der Waals surface area contributed by atoms with E-state index in [1.54, 1.807) is 7.05 Å². The van der Waals surface area contributed by atoms with Crippen molar-refractivity contribution in [2.45, 2.75) is 13.0 Å². The first-order valence-corrected chi connectivity index (χ1v) is 7.52. The molecule has 21 heavy (non-hydrogen) atoms. The van der Waals surface area contributed by atoms with Crippen LogP contribution in [0.25, 0.3) is 0 Å². The van der Waals surface area contributed by atoms with Crippen LogP contribution in [0.3, 0.4) is 0 Å². The molecule has 1 atom stereocenters. The van der Waals surface area contributed by atoms with Crippen LogP contribution in [-0.4, -0.2) is 14.2 Å². The topological polar surface area (TPSA) is 21.3 Å². The molecule has 2 rings (SSSR count). The molecular formula is C16H16F2INO. The van der Waals surface area contributed by atoms with Crippen molar-refractivity contribution in [2.24, 2.45) is 0 Å². The van der Waals surface area contributed by atoms with E-state index < -0.39 is 17.7 Å². The summed E-state index contributed by atoms with van der Waals surface area (Å²) in [5.74, 6) is -1.07. The van der Waals surface area contributed by atoms with Crippen molar-refractivity contribution in [3.63, 3.8) is 0 Å².